The number of hydrogen-bond acceptors (Lipinski definition) is 8. The summed E-state index contributed by atoms with van der Waals surface area (Å²) in [7, 11) is 0. The van der Waals surface area contributed by atoms with Gasteiger partial charge in [0, 0.05) is 17.3 Å². The predicted molar refractivity (Wildman–Crippen MR) is 133 cm³/mol. The average molecular weight is 509 g/mol. The van der Waals surface area contributed by atoms with Gasteiger partial charge >= 0.3 is 0 Å². The molecule has 0 aromatic rings. The lowest BCUT2D eigenvalue weighted by Crippen LogP contribution is -2.69. The average Bonchev–Trinajstić information content (AvgIpc) is 3.03. The molecule has 10 atom stereocenters. The molecule has 4 aliphatic carbocycles. The van der Waals surface area contributed by atoms with Crippen molar-refractivity contribution in [1.29, 1.82) is 0 Å². The van der Waals surface area contributed by atoms with Gasteiger partial charge in [0.05, 0.1) is 35.1 Å². The van der Waals surface area contributed by atoms with Crippen molar-refractivity contribution in [3.63, 3.8) is 0 Å². The van der Waals surface area contributed by atoms with E-state index in [1.54, 1.807) is 27.7 Å². The summed E-state index contributed by atoms with van der Waals surface area (Å²) >= 11 is 0. The van der Waals surface area contributed by atoms with E-state index in [0.29, 0.717) is 30.4 Å². The van der Waals surface area contributed by atoms with Gasteiger partial charge in [-0.1, -0.05) is 20.4 Å². The highest BCUT2D eigenvalue weighted by Crippen LogP contribution is 2.69. The molecule has 7 N–H and O–H groups in total. The topological polar surface area (TPSA) is 159 Å². The van der Waals surface area contributed by atoms with Crippen LogP contribution in [0.3, 0.4) is 0 Å². The van der Waals surface area contributed by atoms with Crippen LogP contribution in [0.2, 0.25) is 0 Å². The van der Waals surface area contributed by atoms with Crippen LogP contribution in [-0.2, 0) is 4.79 Å². The van der Waals surface area contributed by atoms with E-state index in [9.17, 15) is 40.5 Å². The van der Waals surface area contributed by atoms with Gasteiger partial charge in [-0.2, -0.15) is 0 Å². The van der Waals surface area contributed by atoms with Gasteiger partial charge in [-0.05, 0) is 88.4 Å². The molecule has 8 heteroatoms. The number of rotatable bonds is 5. The van der Waals surface area contributed by atoms with Crippen LogP contribution < -0.4 is 0 Å². The third-order valence-corrected chi connectivity index (χ3v) is 11.0. The molecule has 204 valence electrons. The molecule has 0 aromatic carbocycles. The molecule has 0 aromatic heterocycles. The van der Waals surface area contributed by atoms with Gasteiger partial charge in [0.1, 0.15) is 5.60 Å². The van der Waals surface area contributed by atoms with Crippen molar-refractivity contribution in [2.45, 2.75) is 120 Å². The highest BCUT2D eigenvalue weighted by molar-refractivity contribution is 6.00. The van der Waals surface area contributed by atoms with E-state index in [-0.39, 0.29) is 31.6 Å². The molecule has 0 unspecified atom stereocenters. The molecule has 36 heavy (non-hydrogen) atoms. The lowest BCUT2D eigenvalue weighted by atomic mass is 9.44. The molecule has 0 heterocycles. The van der Waals surface area contributed by atoms with Crippen LogP contribution in [0.25, 0.3) is 0 Å². The van der Waals surface area contributed by atoms with Crippen LogP contribution in [0.5, 0.6) is 0 Å². The zero-order valence-electron chi connectivity index (χ0n) is 22.2. The van der Waals surface area contributed by atoms with Gasteiger partial charge in [-0.15, -0.1) is 0 Å². The van der Waals surface area contributed by atoms with Crippen LogP contribution in [-0.4, -0.2) is 82.2 Å². The van der Waals surface area contributed by atoms with E-state index in [4.69, 9.17) is 0 Å². The first-order valence-electron chi connectivity index (χ1n) is 13.1. The Balaban J connectivity index is 1.71. The molecule has 3 saturated carbocycles. The SMILES string of the molecule is C=C(C[C@@H](O)[C@](C)(O)[C@H]1CC[C@@]2(O)C3=CC(=O)[C@]4(O)C[C@@H](O)[C@@H](O)C[C@]4(C)[C@H]3CC[C@]12C)C(C)(C)O. The van der Waals surface area contributed by atoms with Crippen LogP contribution in [0.4, 0.5) is 0 Å². The number of aliphatic hydroxyl groups excluding tert-OH is 3. The van der Waals surface area contributed by atoms with Crippen LogP contribution in [0.1, 0.15) is 79.6 Å². The van der Waals surface area contributed by atoms with Crippen molar-refractivity contribution in [3.8, 4) is 0 Å². The Labute approximate surface area is 213 Å². The predicted octanol–water partition coefficient (Wildman–Crippen LogP) is 1.13. The standard InChI is InChI=1S/C28H44O8/c1-15(23(2,3)33)11-21(31)26(6,34)20-8-10-27(35)17-12-22(32)28(36)14-19(30)18(29)13-25(28,5)16(17)7-9-24(20,27)4/h12,16,18-21,29-31,33-36H,1,7-11,13-14H2,2-6H3/t16-,18-,19+,20-,21+,24+,25+,26+,27+,28+/m0/s1. The summed E-state index contributed by atoms with van der Waals surface area (Å²) in [5.41, 5.74) is -7.11. The number of ketones is 1. The van der Waals surface area contributed by atoms with Gasteiger partial charge in [0.2, 0.25) is 0 Å². The summed E-state index contributed by atoms with van der Waals surface area (Å²) in [6.45, 7) is 12.2. The molecule has 4 aliphatic rings. The Morgan fingerprint density at radius 3 is 2.19 bits per heavy atom. The Hall–Kier alpha value is -1.13. The van der Waals surface area contributed by atoms with Crippen molar-refractivity contribution in [1.82, 2.24) is 0 Å². The third kappa shape index (κ3) is 3.56. The highest BCUT2D eigenvalue weighted by Gasteiger charge is 2.71. The molecule has 0 amide bonds. The second kappa shape index (κ2) is 8.18. The highest BCUT2D eigenvalue weighted by atomic mass is 16.3. The minimum absolute atomic E-state index is 0.00334. The third-order valence-electron chi connectivity index (χ3n) is 11.0. The van der Waals surface area contributed by atoms with Gasteiger partial charge in [0.25, 0.3) is 0 Å². The number of carbonyl (C=O) groups excluding carboxylic acids is 1. The minimum Gasteiger partial charge on any atom is -0.390 e. The first-order chi connectivity index (χ1) is 16.3. The molecular weight excluding hydrogens is 464 g/mol. The smallest absolute Gasteiger partial charge is 0.187 e. The molecule has 0 saturated heterocycles. The molecule has 0 aliphatic heterocycles. The fraction of sp³-hybridized carbons (Fsp3) is 0.821. The van der Waals surface area contributed by atoms with E-state index in [0.717, 1.165) is 0 Å². The summed E-state index contributed by atoms with van der Waals surface area (Å²) in [6.07, 6.45) is -0.717. The molecular formula is C28H44O8. The lowest BCUT2D eigenvalue weighted by Gasteiger charge is -2.62. The quantitative estimate of drug-likeness (QED) is 0.272. The summed E-state index contributed by atoms with van der Waals surface area (Å²) in [5.74, 6) is -1.47. The minimum atomic E-state index is -1.83. The van der Waals surface area contributed by atoms with Crippen LogP contribution in [0.15, 0.2) is 23.8 Å². The molecule has 0 bridgehead atoms. The second-order valence-corrected chi connectivity index (χ2v) is 13.4. The molecule has 3 fully saturated rings. The number of hydrogen-bond donors (Lipinski definition) is 7. The summed E-state index contributed by atoms with van der Waals surface area (Å²) in [6, 6.07) is 0. The maximum Gasteiger partial charge on any atom is 0.187 e. The zero-order valence-corrected chi connectivity index (χ0v) is 22.2. The van der Waals surface area contributed by atoms with Crippen LogP contribution >= 0.6 is 0 Å². The fourth-order valence-corrected chi connectivity index (χ4v) is 8.21. The van der Waals surface area contributed by atoms with Crippen molar-refractivity contribution >= 4 is 5.78 Å². The van der Waals surface area contributed by atoms with Crippen molar-refractivity contribution < 1.29 is 40.5 Å². The molecule has 8 nitrogen and oxygen atoms in total. The Morgan fingerprint density at radius 2 is 1.61 bits per heavy atom. The lowest BCUT2D eigenvalue weighted by molar-refractivity contribution is -0.211. The molecule has 0 spiro atoms. The van der Waals surface area contributed by atoms with Gasteiger partial charge in [-0.25, -0.2) is 0 Å². The van der Waals surface area contributed by atoms with E-state index in [2.05, 4.69) is 6.58 Å². The van der Waals surface area contributed by atoms with E-state index < -0.39 is 63.2 Å². The first-order valence-corrected chi connectivity index (χ1v) is 13.1. The van der Waals surface area contributed by atoms with Gasteiger partial charge in [0.15, 0.2) is 5.78 Å². The Kier molecular flexibility index (Phi) is 6.34. The zero-order chi connectivity index (χ0) is 27.3. The summed E-state index contributed by atoms with van der Waals surface area (Å²) < 4.78 is 0. The largest absolute Gasteiger partial charge is 0.390 e. The van der Waals surface area contributed by atoms with E-state index >= 15 is 0 Å². The number of fused-ring (bicyclic) bond motifs is 5. The fourth-order valence-electron chi connectivity index (χ4n) is 8.21. The maximum atomic E-state index is 13.3. The number of aliphatic hydroxyl groups is 7. The number of carbonyl (C=O) groups is 1. The summed E-state index contributed by atoms with van der Waals surface area (Å²) in [4.78, 5) is 13.3. The van der Waals surface area contributed by atoms with Crippen molar-refractivity contribution in [2.24, 2.45) is 22.7 Å². The monoisotopic (exact) mass is 508 g/mol. The van der Waals surface area contributed by atoms with Crippen molar-refractivity contribution in [3.05, 3.63) is 23.8 Å². The Bertz CT molecular complexity index is 981. The molecule has 0 radical (unpaired) electrons. The van der Waals surface area contributed by atoms with Crippen LogP contribution in [0, 0.1) is 22.7 Å². The van der Waals surface area contributed by atoms with Gasteiger partial charge < -0.3 is 35.7 Å². The second-order valence-electron chi connectivity index (χ2n) is 13.4. The van der Waals surface area contributed by atoms with E-state index in [1.807, 2.05) is 6.92 Å². The van der Waals surface area contributed by atoms with Gasteiger partial charge in [-0.3, -0.25) is 4.79 Å². The molecule has 4 rings (SSSR count). The van der Waals surface area contributed by atoms with Crippen molar-refractivity contribution in [2.75, 3.05) is 0 Å². The summed E-state index contributed by atoms with van der Waals surface area (Å²) in [5, 5.41) is 77.4. The van der Waals surface area contributed by atoms with E-state index in [1.165, 1.54) is 6.08 Å². The Morgan fingerprint density at radius 1 is 1.03 bits per heavy atom. The maximum absolute atomic E-state index is 13.3. The normalized spacial score (nSPS) is 47.2. The first kappa shape index (κ1) is 27.9.